The van der Waals surface area contributed by atoms with E-state index in [4.69, 9.17) is 32.0 Å². The van der Waals surface area contributed by atoms with Crippen LogP contribution in [0.3, 0.4) is 0 Å². The predicted octanol–water partition coefficient (Wildman–Crippen LogP) is -1.79. The van der Waals surface area contributed by atoms with Crippen molar-refractivity contribution >= 4 is 19.4 Å². The van der Waals surface area contributed by atoms with Crippen LogP contribution in [-0.4, -0.2) is 70.0 Å². The third-order valence-electron chi connectivity index (χ3n) is 3.55. The van der Waals surface area contributed by atoms with Crippen LogP contribution in [0.25, 0.3) is 0 Å². The van der Waals surface area contributed by atoms with E-state index in [1.807, 2.05) is 0 Å². The number of carbonyl (C=O) groups is 2. The Morgan fingerprint density at radius 3 is 1.59 bits per heavy atom. The third kappa shape index (κ3) is 18.1. The van der Waals surface area contributed by atoms with Gasteiger partial charge in [-0.2, -0.15) is 0 Å². The number of nitrogens with two attached hydrogens (primary N) is 4. The van der Waals surface area contributed by atoms with Gasteiger partial charge in [0.25, 0.3) is 0 Å². The largest absolute Gasteiger partial charge is 0.370 e. The zero-order valence-corrected chi connectivity index (χ0v) is 16.9. The van der Waals surface area contributed by atoms with Gasteiger partial charge in [0.1, 0.15) is 0 Å². The van der Waals surface area contributed by atoms with Crippen LogP contribution in [0.15, 0.2) is 0 Å². The maximum atomic E-state index is 12.1. The van der Waals surface area contributed by atoms with E-state index in [-0.39, 0.29) is 50.0 Å². The molecule has 2 atom stereocenters. The van der Waals surface area contributed by atoms with Crippen molar-refractivity contribution in [2.24, 2.45) is 22.9 Å². The molecule has 10 N–H and O–H groups in total. The van der Waals surface area contributed by atoms with Crippen LogP contribution in [-0.2, 0) is 23.2 Å². The first-order chi connectivity index (χ1) is 12.6. The van der Waals surface area contributed by atoms with Gasteiger partial charge in [0.05, 0.1) is 13.2 Å². The first-order valence-electron chi connectivity index (χ1n) is 8.98. The molecule has 0 saturated carbocycles. The second-order valence-corrected chi connectivity index (χ2v) is 8.44. The Balaban J connectivity index is 3.64. The highest BCUT2D eigenvalue weighted by Gasteiger charge is 2.16. The van der Waals surface area contributed by atoms with Crippen molar-refractivity contribution < 1.29 is 23.2 Å². The molecule has 0 spiro atoms. The Bertz CT molecular complexity index is 444. The lowest BCUT2D eigenvalue weighted by molar-refractivity contribution is -0.119. The summed E-state index contributed by atoms with van der Waals surface area (Å²) in [4.78, 5) is 21.3. The first-order valence-corrected chi connectivity index (χ1v) is 11.0. The number of amides is 2. The van der Waals surface area contributed by atoms with Crippen LogP contribution in [0.5, 0.6) is 0 Å². The summed E-state index contributed by atoms with van der Waals surface area (Å²) in [6, 6.07) is -0.356. The van der Waals surface area contributed by atoms with Crippen LogP contribution in [0.1, 0.15) is 25.7 Å². The summed E-state index contributed by atoms with van der Waals surface area (Å²) in [5.41, 5.74) is 21.7. The number of rotatable bonds is 18. The van der Waals surface area contributed by atoms with E-state index in [1.165, 1.54) is 6.66 Å². The van der Waals surface area contributed by atoms with Crippen LogP contribution in [0.2, 0.25) is 0 Å². The molecule has 0 aliphatic carbocycles. The molecule has 0 aliphatic heterocycles. The highest BCUT2D eigenvalue weighted by molar-refractivity contribution is 7.52. The van der Waals surface area contributed by atoms with Gasteiger partial charge in [-0.25, -0.2) is 0 Å². The van der Waals surface area contributed by atoms with Crippen LogP contribution in [0.4, 0.5) is 0 Å². The van der Waals surface area contributed by atoms with Gasteiger partial charge >= 0.3 is 7.60 Å². The number of primary amides is 2. The zero-order valence-electron chi connectivity index (χ0n) is 16.0. The molecule has 0 aromatic heterocycles. The smallest absolute Gasteiger partial charge is 0.327 e. The summed E-state index contributed by atoms with van der Waals surface area (Å²) in [6.07, 6.45) is 1.53. The summed E-state index contributed by atoms with van der Waals surface area (Å²) >= 11 is 0. The van der Waals surface area contributed by atoms with Gasteiger partial charge in [-0.05, 0) is 12.8 Å². The molecule has 0 aromatic carbocycles. The first kappa shape index (κ1) is 25.9. The van der Waals surface area contributed by atoms with E-state index < -0.39 is 7.60 Å². The van der Waals surface area contributed by atoms with Crippen molar-refractivity contribution in [3.63, 3.8) is 0 Å². The van der Waals surface area contributed by atoms with Gasteiger partial charge < -0.3 is 42.6 Å². The molecule has 0 radical (unpaired) electrons. The second kappa shape index (κ2) is 14.9. The third-order valence-corrected chi connectivity index (χ3v) is 4.85. The minimum atomic E-state index is -3.14. The molecule has 160 valence electrons. The van der Waals surface area contributed by atoms with E-state index in [0.29, 0.717) is 39.0 Å². The molecule has 2 amide bonds. The number of nitrogens with one attached hydrogen (secondary N) is 2. The quantitative estimate of drug-likeness (QED) is 0.111. The molecule has 0 fully saturated rings. The SMILES string of the molecule is CP(=O)(OCCNCC(N)CCC(N)=O)OCCNCC(N)CCC(N)=O. The molecule has 2 unspecified atom stereocenters. The highest BCUT2D eigenvalue weighted by Crippen LogP contribution is 2.43. The molecular formula is C15H35N6O5P. The summed E-state index contributed by atoms with van der Waals surface area (Å²) in [5.74, 6) is -0.750. The lowest BCUT2D eigenvalue weighted by atomic mass is 10.1. The van der Waals surface area contributed by atoms with Crippen molar-refractivity contribution in [2.75, 3.05) is 46.1 Å². The van der Waals surface area contributed by atoms with Gasteiger partial charge in [0.15, 0.2) is 0 Å². The number of hydrogen-bond donors (Lipinski definition) is 6. The minimum absolute atomic E-state index is 0.178. The van der Waals surface area contributed by atoms with Crippen molar-refractivity contribution in [2.45, 2.75) is 37.8 Å². The summed E-state index contributed by atoms with van der Waals surface area (Å²) in [6.45, 7) is 3.75. The molecular weight excluding hydrogens is 375 g/mol. The van der Waals surface area contributed by atoms with E-state index in [0.717, 1.165) is 0 Å². The zero-order chi connectivity index (χ0) is 20.7. The van der Waals surface area contributed by atoms with Gasteiger partial charge in [-0.15, -0.1) is 0 Å². The fourth-order valence-electron chi connectivity index (χ4n) is 2.04. The van der Waals surface area contributed by atoms with Crippen molar-refractivity contribution in [3.8, 4) is 0 Å². The van der Waals surface area contributed by atoms with Gasteiger partial charge in [0, 0.05) is 57.8 Å². The standard InChI is InChI=1S/C15H35N6O5P/c1-27(24,25-8-6-20-10-12(16)2-4-14(18)22)26-9-7-21-11-13(17)3-5-15(19)23/h12-13,20-21H,2-11,16-17H2,1H3,(H2,18,22)(H2,19,23). The summed E-state index contributed by atoms with van der Waals surface area (Å²) in [7, 11) is -3.14. The van der Waals surface area contributed by atoms with Crippen molar-refractivity contribution in [3.05, 3.63) is 0 Å². The average Bonchev–Trinajstić information content (AvgIpc) is 2.57. The molecule has 12 heteroatoms. The Kier molecular flexibility index (Phi) is 14.3. The molecule has 27 heavy (non-hydrogen) atoms. The van der Waals surface area contributed by atoms with Gasteiger partial charge in [0.2, 0.25) is 11.8 Å². The van der Waals surface area contributed by atoms with E-state index >= 15 is 0 Å². The molecule has 0 heterocycles. The predicted molar refractivity (Wildman–Crippen MR) is 104 cm³/mol. The van der Waals surface area contributed by atoms with Crippen molar-refractivity contribution in [1.82, 2.24) is 10.6 Å². The van der Waals surface area contributed by atoms with Crippen LogP contribution < -0.4 is 33.6 Å². The maximum absolute atomic E-state index is 12.1. The van der Waals surface area contributed by atoms with E-state index in [2.05, 4.69) is 10.6 Å². The monoisotopic (exact) mass is 410 g/mol. The number of carbonyl (C=O) groups excluding carboxylic acids is 2. The van der Waals surface area contributed by atoms with E-state index in [9.17, 15) is 14.2 Å². The maximum Gasteiger partial charge on any atom is 0.327 e. The molecule has 0 bridgehead atoms. The summed E-state index contributed by atoms with van der Waals surface area (Å²) in [5, 5.41) is 6.10. The molecule has 11 nitrogen and oxygen atoms in total. The molecule has 0 rings (SSSR count). The van der Waals surface area contributed by atoms with Crippen LogP contribution in [0, 0.1) is 0 Å². The number of hydrogen-bond acceptors (Lipinski definition) is 9. The minimum Gasteiger partial charge on any atom is -0.370 e. The lowest BCUT2D eigenvalue weighted by Gasteiger charge is -2.16. The Hall–Kier alpha value is -1.07. The Morgan fingerprint density at radius 2 is 1.26 bits per heavy atom. The lowest BCUT2D eigenvalue weighted by Crippen LogP contribution is -2.36. The fourth-order valence-corrected chi connectivity index (χ4v) is 2.96. The topological polar surface area (TPSA) is 198 Å². The molecule has 0 aromatic rings. The van der Waals surface area contributed by atoms with Crippen LogP contribution >= 0.6 is 7.60 Å². The second-order valence-electron chi connectivity index (χ2n) is 6.38. The Labute approximate surface area is 160 Å². The normalized spacial score (nSPS) is 15.8. The van der Waals surface area contributed by atoms with E-state index in [1.54, 1.807) is 0 Å². The molecule has 0 aliphatic rings. The fraction of sp³-hybridized carbons (Fsp3) is 0.867. The Morgan fingerprint density at radius 1 is 0.889 bits per heavy atom. The summed E-state index contributed by atoms with van der Waals surface area (Å²) < 4.78 is 22.6. The van der Waals surface area contributed by atoms with Gasteiger partial charge in [-0.3, -0.25) is 14.2 Å². The highest BCUT2D eigenvalue weighted by atomic mass is 31.2. The average molecular weight is 410 g/mol. The van der Waals surface area contributed by atoms with Gasteiger partial charge in [-0.1, -0.05) is 0 Å². The van der Waals surface area contributed by atoms with Crippen molar-refractivity contribution in [1.29, 1.82) is 0 Å². The molecule has 0 saturated heterocycles.